The topological polar surface area (TPSA) is 65.3 Å². The number of aromatic nitrogens is 1. The zero-order chi connectivity index (χ0) is 44.3. The second kappa shape index (κ2) is 14.0. The highest BCUT2D eigenvalue weighted by Crippen LogP contribution is 2.49. The molecule has 0 unspecified atom stereocenters. The van der Waals surface area contributed by atoms with Gasteiger partial charge < -0.3 is 23.0 Å². The number of nitrogens with zero attached hydrogens (tertiary/aromatic N) is 5. The van der Waals surface area contributed by atoms with Gasteiger partial charge in [0.2, 0.25) is 0 Å². The van der Waals surface area contributed by atoms with E-state index in [0.717, 1.165) is 111 Å². The second-order valence-corrected chi connectivity index (χ2v) is 17.1. The third-order valence-electron chi connectivity index (χ3n) is 13.5. The summed E-state index contributed by atoms with van der Waals surface area (Å²) in [6.45, 7) is 7.68. The fourth-order valence-electron chi connectivity index (χ4n) is 10.6. The van der Waals surface area contributed by atoms with E-state index in [-0.39, 0.29) is 0 Å². The maximum absolute atomic E-state index is 9.75. The minimum atomic E-state index is 0.582. The molecular formula is C60H33N5O2. The fourth-order valence-corrected chi connectivity index (χ4v) is 10.6. The first-order valence-corrected chi connectivity index (χ1v) is 22.2. The smallest absolute Gasteiger partial charge is 0.187 e. The van der Waals surface area contributed by atoms with Crippen LogP contribution < -0.4 is 9.80 Å². The molecule has 7 nitrogen and oxygen atoms in total. The van der Waals surface area contributed by atoms with Gasteiger partial charge in [0.05, 0.1) is 46.1 Å². The van der Waals surface area contributed by atoms with Crippen molar-refractivity contribution in [3.05, 3.63) is 217 Å². The summed E-state index contributed by atoms with van der Waals surface area (Å²) in [6.07, 6.45) is 0. The Balaban J connectivity index is 1.02. The van der Waals surface area contributed by atoms with Crippen LogP contribution in [0.4, 0.5) is 39.8 Å². The molecule has 0 aliphatic heterocycles. The zero-order valence-corrected chi connectivity index (χ0v) is 35.6. The predicted octanol–water partition coefficient (Wildman–Crippen LogP) is 17.2. The normalized spacial score (nSPS) is 11.9. The lowest BCUT2D eigenvalue weighted by Crippen LogP contribution is -2.10. The maximum atomic E-state index is 9.75. The van der Waals surface area contributed by atoms with Crippen LogP contribution in [0, 0.1) is 17.9 Å². The first-order chi connectivity index (χ1) is 33.1. The molecule has 0 N–H and O–H groups in total. The van der Waals surface area contributed by atoms with E-state index >= 15 is 0 Å². The van der Waals surface area contributed by atoms with Crippen LogP contribution in [-0.2, 0) is 0 Å². The number of nitriles is 1. The van der Waals surface area contributed by atoms with Gasteiger partial charge in [-0.15, -0.1) is 0 Å². The Hall–Kier alpha value is -9.56. The molecule has 0 saturated carbocycles. The average Bonchev–Trinajstić information content (AvgIpc) is 4.14. The minimum Gasteiger partial charge on any atom is -0.454 e. The summed E-state index contributed by atoms with van der Waals surface area (Å²) in [5.74, 6) is 0. The monoisotopic (exact) mass is 855 g/mol. The first-order valence-electron chi connectivity index (χ1n) is 22.2. The third-order valence-corrected chi connectivity index (χ3v) is 13.5. The number of fused-ring (bicyclic) bond motifs is 14. The van der Waals surface area contributed by atoms with Crippen molar-refractivity contribution in [1.29, 1.82) is 5.26 Å². The molecule has 0 fully saturated rings. The molecule has 4 heterocycles. The van der Waals surface area contributed by atoms with Crippen LogP contribution in [0.25, 0.3) is 97.6 Å². The first kappa shape index (κ1) is 36.9. The zero-order valence-electron chi connectivity index (χ0n) is 35.6. The molecule has 0 aliphatic carbocycles. The van der Waals surface area contributed by atoms with Crippen LogP contribution in [0.15, 0.2) is 209 Å². The Morgan fingerprint density at radius 3 is 1.64 bits per heavy atom. The molecule has 67 heavy (non-hydrogen) atoms. The number of para-hydroxylation sites is 5. The molecule has 0 radical (unpaired) electrons. The van der Waals surface area contributed by atoms with E-state index in [9.17, 15) is 5.26 Å². The average molecular weight is 856 g/mol. The quantitative estimate of drug-likeness (QED) is 0.156. The van der Waals surface area contributed by atoms with Gasteiger partial charge in [0.15, 0.2) is 16.9 Å². The van der Waals surface area contributed by atoms with Crippen molar-refractivity contribution in [2.45, 2.75) is 0 Å². The van der Waals surface area contributed by atoms with Gasteiger partial charge in [-0.1, -0.05) is 103 Å². The molecule has 0 amide bonds. The van der Waals surface area contributed by atoms with E-state index in [4.69, 9.17) is 15.4 Å². The Bertz CT molecular complexity index is 4230. The lowest BCUT2D eigenvalue weighted by molar-refractivity contribution is 0.668. The standard InChI is InChI=1S/C60H33N5O2/c1-62-38-23-28-40(29-24-38)63(52-16-8-13-46-44-10-3-6-18-55(44)66-59(46)52)41-27-22-37-32-50-43-31-30-42(34-54(43)65-51-15-5-2-12-48(51)57(58(50)65)49(37)33-41)64(39-25-20-36(35-61)21-26-39)53-17-9-14-47-45-11-4-7-19-56(45)67-60(47)53/h2-34H. The molecule has 4 aromatic heterocycles. The van der Waals surface area contributed by atoms with Gasteiger partial charge in [0, 0.05) is 65.8 Å². The van der Waals surface area contributed by atoms with Crippen LogP contribution in [0.3, 0.4) is 0 Å². The third kappa shape index (κ3) is 5.31. The molecular weight excluding hydrogens is 823 g/mol. The number of rotatable bonds is 6. The number of furan rings is 2. The van der Waals surface area contributed by atoms with E-state index < -0.39 is 0 Å². The molecule has 7 heteroatoms. The molecule has 14 aromatic rings. The van der Waals surface area contributed by atoms with Gasteiger partial charge in [-0.25, -0.2) is 4.85 Å². The van der Waals surface area contributed by atoms with Crippen LogP contribution in [-0.4, -0.2) is 4.40 Å². The number of benzene rings is 10. The van der Waals surface area contributed by atoms with Crippen molar-refractivity contribution in [3.8, 4) is 6.07 Å². The van der Waals surface area contributed by atoms with Gasteiger partial charge in [-0.2, -0.15) is 5.26 Å². The van der Waals surface area contributed by atoms with E-state index in [1.54, 1.807) is 0 Å². The van der Waals surface area contributed by atoms with Gasteiger partial charge in [-0.3, -0.25) is 0 Å². The van der Waals surface area contributed by atoms with E-state index in [1.807, 2.05) is 84.9 Å². The molecule has 10 aromatic carbocycles. The second-order valence-electron chi connectivity index (χ2n) is 17.1. The molecule has 0 spiro atoms. The number of hydrogen-bond acceptors (Lipinski definition) is 5. The van der Waals surface area contributed by atoms with Crippen molar-refractivity contribution in [2.75, 3.05) is 9.80 Å². The molecule has 0 saturated heterocycles. The Kier molecular flexibility index (Phi) is 7.69. The van der Waals surface area contributed by atoms with Crippen molar-refractivity contribution in [3.63, 3.8) is 0 Å². The predicted molar refractivity (Wildman–Crippen MR) is 274 cm³/mol. The van der Waals surface area contributed by atoms with Crippen LogP contribution in [0.1, 0.15) is 5.56 Å². The Labute approximate surface area is 382 Å². The number of hydrogen-bond donors (Lipinski definition) is 0. The maximum Gasteiger partial charge on any atom is 0.187 e. The summed E-state index contributed by atoms with van der Waals surface area (Å²) in [7, 11) is 0. The van der Waals surface area contributed by atoms with Crippen LogP contribution in [0.5, 0.6) is 0 Å². The van der Waals surface area contributed by atoms with Crippen LogP contribution in [0.2, 0.25) is 0 Å². The molecule has 0 bridgehead atoms. The van der Waals surface area contributed by atoms with Gasteiger partial charge in [-0.05, 0) is 108 Å². The minimum absolute atomic E-state index is 0.582. The van der Waals surface area contributed by atoms with Gasteiger partial charge in [0.1, 0.15) is 11.2 Å². The molecule has 0 atom stereocenters. The largest absolute Gasteiger partial charge is 0.454 e. The van der Waals surface area contributed by atoms with E-state index in [0.29, 0.717) is 11.3 Å². The van der Waals surface area contributed by atoms with Crippen molar-refractivity contribution >= 4 is 133 Å². The number of anilines is 6. The summed E-state index contributed by atoms with van der Waals surface area (Å²) in [5.41, 5.74) is 13.4. The van der Waals surface area contributed by atoms with E-state index in [1.165, 1.54) is 16.2 Å². The highest BCUT2D eigenvalue weighted by Gasteiger charge is 2.25. The van der Waals surface area contributed by atoms with Crippen molar-refractivity contribution in [2.24, 2.45) is 0 Å². The highest BCUT2D eigenvalue weighted by atomic mass is 16.3. The summed E-state index contributed by atoms with van der Waals surface area (Å²) in [5, 5.41) is 20.9. The molecule has 0 aliphatic rings. The lowest BCUT2D eigenvalue weighted by atomic mass is 9.99. The molecule has 310 valence electrons. The van der Waals surface area contributed by atoms with Crippen molar-refractivity contribution in [1.82, 2.24) is 4.40 Å². The fraction of sp³-hybridized carbons (Fsp3) is 0. The Morgan fingerprint density at radius 1 is 0.448 bits per heavy atom. The highest BCUT2D eigenvalue weighted by molar-refractivity contribution is 6.32. The summed E-state index contributed by atoms with van der Waals surface area (Å²) in [6, 6.07) is 71.3. The SMILES string of the molecule is [C-]#[N+]c1ccc(N(c2ccc3cc4c5ccc(N(c6ccc(C#N)cc6)c6cccc7c6oc6ccccc67)cc5n5c6ccccc6c(c3c2)c45)c2cccc3c2oc2ccccc23)cc1. The Morgan fingerprint density at radius 2 is 1.00 bits per heavy atom. The summed E-state index contributed by atoms with van der Waals surface area (Å²) >= 11 is 0. The van der Waals surface area contributed by atoms with Crippen molar-refractivity contribution < 1.29 is 8.83 Å². The van der Waals surface area contributed by atoms with Gasteiger partial charge >= 0.3 is 0 Å². The van der Waals surface area contributed by atoms with Gasteiger partial charge in [0.25, 0.3) is 0 Å². The van der Waals surface area contributed by atoms with E-state index in [2.05, 4.69) is 140 Å². The summed E-state index contributed by atoms with van der Waals surface area (Å²) in [4.78, 5) is 8.18. The molecule has 14 rings (SSSR count). The summed E-state index contributed by atoms with van der Waals surface area (Å²) < 4.78 is 15.7. The van der Waals surface area contributed by atoms with Crippen LogP contribution >= 0.6 is 0 Å². The lowest BCUT2D eigenvalue weighted by Gasteiger charge is -2.26.